The van der Waals surface area contributed by atoms with Gasteiger partial charge in [0, 0.05) is 5.88 Å². The number of rotatable bonds is 1. The molecule has 0 bridgehead atoms. The lowest BCUT2D eigenvalue weighted by atomic mass is 10.6. The largest absolute Gasteiger partial charge is 0.127 e. The molecule has 0 aliphatic carbocycles. The Morgan fingerprint density at radius 1 is 1.60 bits per heavy atom. The second-order valence-corrected chi connectivity index (χ2v) is 1.07. The zero-order chi connectivity index (χ0) is 3.41. The zero-order valence-corrected chi connectivity index (χ0v) is 3.55. The molecular formula is C3H11ClSi. The van der Waals surface area contributed by atoms with Crippen LogP contribution < -0.4 is 0 Å². The van der Waals surface area contributed by atoms with Crippen LogP contribution in [0.4, 0.5) is 0 Å². The monoisotopic (exact) mass is 110 g/mol. The Morgan fingerprint density at radius 2 is 1.80 bits per heavy atom. The number of halogens is 1. The van der Waals surface area contributed by atoms with Crippen molar-refractivity contribution < 1.29 is 0 Å². The molecule has 0 aromatic heterocycles. The summed E-state index contributed by atoms with van der Waals surface area (Å²) in [6.07, 6.45) is 1.08. The minimum atomic E-state index is 0. The van der Waals surface area contributed by atoms with Gasteiger partial charge in [-0.15, -0.1) is 11.6 Å². The van der Waals surface area contributed by atoms with E-state index in [1.165, 1.54) is 0 Å². The Hall–Kier alpha value is 0.507. The van der Waals surface area contributed by atoms with Crippen LogP contribution in [0.15, 0.2) is 0 Å². The van der Waals surface area contributed by atoms with Crippen molar-refractivity contribution in [1.82, 2.24) is 0 Å². The summed E-state index contributed by atoms with van der Waals surface area (Å²) in [5.74, 6) is 0.792. The molecule has 0 saturated heterocycles. The van der Waals surface area contributed by atoms with Crippen molar-refractivity contribution in [2.75, 3.05) is 5.88 Å². The van der Waals surface area contributed by atoms with Gasteiger partial charge < -0.3 is 0 Å². The Bertz CT molecular complexity index is 8.85. The minimum Gasteiger partial charge on any atom is -0.127 e. The van der Waals surface area contributed by atoms with E-state index in [4.69, 9.17) is 11.6 Å². The van der Waals surface area contributed by atoms with E-state index in [2.05, 4.69) is 0 Å². The molecule has 0 aliphatic heterocycles. The number of hydrogen-bond acceptors (Lipinski definition) is 0. The lowest BCUT2D eigenvalue weighted by Crippen LogP contribution is -1.55. The number of alkyl halides is 1. The summed E-state index contributed by atoms with van der Waals surface area (Å²) in [6.45, 7) is 2.05. The maximum absolute atomic E-state index is 5.19. The fourth-order valence-electron chi connectivity index (χ4n) is 0. The SMILES string of the molecule is CCCCl.[SiH4]. The predicted molar refractivity (Wildman–Crippen MR) is 32.3 cm³/mol. The predicted octanol–water partition coefficient (Wildman–Crippen LogP) is 0.184. The van der Waals surface area contributed by atoms with E-state index in [9.17, 15) is 0 Å². The Kier molecular flexibility index (Phi) is 16.0. The van der Waals surface area contributed by atoms with Gasteiger partial charge in [0.25, 0.3) is 0 Å². The van der Waals surface area contributed by atoms with Crippen LogP contribution >= 0.6 is 11.6 Å². The zero-order valence-electron chi connectivity index (χ0n) is 2.79. The highest BCUT2D eigenvalue weighted by molar-refractivity contribution is 6.17. The quantitative estimate of drug-likeness (QED) is 0.334. The molecule has 34 valence electrons. The van der Waals surface area contributed by atoms with Crippen molar-refractivity contribution in [1.29, 1.82) is 0 Å². The average Bonchev–Trinajstić information content (AvgIpc) is 1.37. The third kappa shape index (κ3) is 12.5. The molecular weight excluding hydrogens is 99.6 g/mol. The van der Waals surface area contributed by atoms with Crippen LogP contribution in [0.3, 0.4) is 0 Å². The second-order valence-electron chi connectivity index (χ2n) is 0.689. The summed E-state index contributed by atoms with van der Waals surface area (Å²) in [4.78, 5) is 0. The molecule has 0 amide bonds. The van der Waals surface area contributed by atoms with Crippen LogP contribution in [0.2, 0.25) is 0 Å². The average molecular weight is 111 g/mol. The molecule has 5 heavy (non-hydrogen) atoms. The third-order valence-corrected chi connectivity index (χ3v) is 0.567. The van der Waals surface area contributed by atoms with Crippen molar-refractivity contribution in [3.8, 4) is 0 Å². The van der Waals surface area contributed by atoms with E-state index < -0.39 is 0 Å². The summed E-state index contributed by atoms with van der Waals surface area (Å²) in [6, 6.07) is 0. The van der Waals surface area contributed by atoms with E-state index in [0.29, 0.717) is 0 Å². The fraction of sp³-hybridized carbons (Fsp3) is 1.00. The van der Waals surface area contributed by atoms with E-state index in [-0.39, 0.29) is 11.0 Å². The third-order valence-electron chi connectivity index (χ3n) is 0.189. The van der Waals surface area contributed by atoms with Gasteiger partial charge in [0.2, 0.25) is 0 Å². The van der Waals surface area contributed by atoms with Gasteiger partial charge in [0.05, 0.1) is 0 Å². The van der Waals surface area contributed by atoms with Crippen LogP contribution in [0, 0.1) is 0 Å². The van der Waals surface area contributed by atoms with Gasteiger partial charge in [-0.1, -0.05) is 6.92 Å². The molecule has 0 atom stereocenters. The Morgan fingerprint density at radius 3 is 1.80 bits per heavy atom. The van der Waals surface area contributed by atoms with Crippen LogP contribution in [0.25, 0.3) is 0 Å². The lowest BCUT2D eigenvalue weighted by molar-refractivity contribution is 1.10. The summed E-state index contributed by atoms with van der Waals surface area (Å²) >= 11 is 5.19. The topological polar surface area (TPSA) is 0 Å². The molecule has 0 nitrogen and oxygen atoms in total. The molecule has 0 aromatic rings. The van der Waals surface area contributed by atoms with Crippen molar-refractivity contribution in [2.24, 2.45) is 0 Å². The fourth-order valence-corrected chi connectivity index (χ4v) is 0. The van der Waals surface area contributed by atoms with E-state index >= 15 is 0 Å². The maximum atomic E-state index is 5.19. The van der Waals surface area contributed by atoms with Gasteiger partial charge in [-0.3, -0.25) is 0 Å². The summed E-state index contributed by atoms with van der Waals surface area (Å²) in [7, 11) is 0. The first-order valence-electron chi connectivity index (χ1n) is 1.47. The Labute approximate surface area is 42.5 Å². The minimum absolute atomic E-state index is 0. The summed E-state index contributed by atoms with van der Waals surface area (Å²) in [5, 5.41) is 0. The van der Waals surface area contributed by atoms with Gasteiger partial charge in [-0.25, -0.2) is 0 Å². The van der Waals surface area contributed by atoms with Crippen molar-refractivity contribution in [3.05, 3.63) is 0 Å². The molecule has 0 saturated carbocycles. The molecule has 0 radical (unpaired) electrons. The molecule has 0 unspecified atom stereocenters. The Balaban J connectivity index is 0. The molecule has 0 aromatic carbocycles. The van der Waals surface area contributed by atoms with E-state index in [1.807, 2.05) is 6.92 Å². The molecule has 2 heteroatoms. The molecule has 0 heterocycles. The first-order valence-corrected chi connectivity index (χ1v) is 2.01. The molecule has 0 rings (SSSR count). The van der Waals surface area contributed by atoms with E-state index in [1.54, 1.807) is 0 Å². The van der Waals surface area contributed by atoms with Gasteiger partial charge in [-0.2, -0.15) is 0 Å². The van der Waals surface area contributed by atoms with E-state index in [0.717, 1.165) is 12.3 Å². The summed E-state index contributed by atoms with van der Waals surface area (Å²) in [5.41, 5.74) is 0. The van der Waals surface area contributed by atoms with Crippen LogP contribution in [0.1, 0.15) is 13.3 Å². The standard InChI is InChI=1S/C3H7Cl.H4Si/c1-2-3-4;/h2-3H2,1H3;1H4. The molecule has 0 spiro atoms. The highest BCUT2D eigenvalue weighted by Crippen LogP contribution is 1.75. The molecule has 0 fully saturated rings. The number of hydrogen-bond donors (Lipinski definition) is 0. The van der Waals surface area contributed by atoms with Gasteiger partial charge in [0.15, 0.2) is 0 Å². The van der Waals surface area contributed by atoms with Gasteiger partial charge >= 0.3 is 0 Å². The molecule has 0 N–H and O–H groups in total. The maximum Gasteiger partial charge on any atom is 0.0220 e. The molecule has 0 aliphatic rings. The van der Waals surface area contributed by atoms with Crippen molar-refractivity contribution >= 4 is 22.6 Å². The summed E-state index contributed by atoms with van der Waals surface area (Å²) < 4.78 is 0. The first-order chi connectivity index (χ1) is 1.91. The van der Waals surface area contributed by atoms with Crippen molar-refractivity contribution in [2.45, 2.75) is 13.3 Å². The highest BCUT2D eigenvalue weighted by atomic mass is 35.5. The second kappa shape index (κ2) is 8.82. The van der Waals surface area contributed by atoms with Crippen LogP contribution in [-0.4, -0.2) is 16.8 Å². The van der Waals surface area contributed by atoms with Gasteiger partial charge in [0.1, 0.15) is 0 Å². The van der Waals surface area contributed by atoms with Crippen LogP contribution in [0.5, 0.6) is 0 Å². The highest BCUT2D eigenvalue weighted by Gasteiger charge is 1.59. The first kappa shape index (κ1) is 9.10. The lowest BCUT2D eigenvalue weighted by Gasteiger charge is -1.65. The van der Waals surface area contributed by atoms with Crippen LogP contribution in [-0.2, 0) is 0 Å². The smallest absolute Gasteiger partial charge is 0.0220 e. The van der Waals surface area contributed by atoms with Gasteiger partial charge in [-0.05, 0) is 17.4 Å². The normalized spacial score (nSPS) is 6.00. The van der Waals surface area contributed by atoms with Crippen molar-refractivity contribution in [3.63, 3.8) is 0 Å².